The van der Waals surface area contributed by atoms with E-state index in [-0.39, 0.29) is 35.6 Å². The first-order valence-corrected chi connectivity index (χ1v) is 12.4. The van der Waals surface area contributed by atoms with Gasteiger partial charge in [-0.15, -0.1) is 0 Å². The largest absolute Gasteiger partial charge is 0.455 e. The van der Waals surface area contributed by atoms with Crippen molar-refractivity contribution >= 4 is 11.8 Å². The Morgan fingerprint density at radius 1 is 1.18 bits per heavy atom. The van der Waals surface area contributed by atoms with E-state index in [1.54, 1.807) is 0 Å². The summed E-state index contributed by atoms with van der Waals surface area (Å²) in [6.07, 6.45) is 18.4. The van der Waals surface area contributed by atoms with Gasteiger partial charge in [-0.25, -0.2) is 4.79 Å². The molecule has 0 saturated heterocycles. The minimum atomic E-state index is -0.592. The van der Waals surface area contributed by atoms with Gasteiger partial charge in [0.05, 0.1) is 6.10 Å². The normalized spacial score (nSPS) is 22.3. The molecule has 0 bridgehead atoms. The van der Waals surface area contributed by atoms with Crippen LogP contribution in [-0.2, 0) is 14.3 Å². The van der Waals surface area contributed by atoms with E-state index in [9.17, 15) is 14.7 Å². The Balaban J connectivity index is 2.63. The van der Waals surface area contributed by atoms with Crippen LogP contribution in [-0.4, -0.2) is 29.1 Å². The van der Waals surface area contributed by atoms with Crippen molar-refractivity contribution in [2.75, 3.05) is 0 Å². The number of rotatable bonds is 13. The molecule has 1 aliphatic rings. The van der Waals surface area contributed by atoms with Crippen molar-refractivity contribution in [2.24, 2.45) is 23.7 Å². The molecule has 4 heteroatoms. The van der Waals surface area contributed by atoms with Gasteiger partial charge in [-0.05, 0) is 37.7 Å². The first kappa shape index (κ1) is 28.8. The molecule has 0 unspecified atom stereocenters. The zero-order valence-electron chi connectivity index (χ0n) is 21.6. The average molecular weight is 457 g/mol. The van der Waals surface area contributed by atoms with E-state index in [0.29, 0.717) is 5.92 Å². The molecule has 0 fully saturated rings. The molecule has 0 aliphatic carbocycles. The van der Waals surface area contributed by atoms with E-state index in [0.717, 1.165) is 31.3 Å². The highest BCUT2D eigenvalue weighted by Crippen LogP contribution is 2.21. The summed E-state index contributed by atoms with van der Waals surface area (Å²) in [7, 11) is 0. The Morgan fingerprint density at radius 2 is 1.88 bits per heavy atom. The molecular formula is C29H44O4. The molecule has 1 heterocycles. The fourth-order valence-corrected chi connectivity index (χ4v) is 3.93. The van der Waals surface area contributed by atoms with Crippen LogP contribution in [0.15, 0.2) is 59.8 Å². The van der Waals surface area contributed by atoms with E-state index in [4.69, 9.17) is 4.74 Å². The van der Waals surface area contributed by atoms with Crippen LogP contribution in [0.2, 0.25) is 0 Å². The quantitative estimate of drug-likeness (QED) is 0.253. The summed E-state index contributed by atoms with van der Waals surface area (Å²) < 4.78 is 5.28. The molecular weight excluding hydrogens is 412 g/mol. The monoisotopic (exact) mass is 456 g/mol. The minimum Gasteiger partial charge on any atom is -0.455 e. The number of aliphatic hydroxyl groups excluding tert-OH is 1. The standard InChI is InChI=1S/C29H44O4/c1-8-22(5)28(31)24(7)29(32)23(6)18-20(3)12-10-13-21(4)19-25(9-2)16-17-26-14-11-15-27(30)33-26/h10-12,15-19,21-24,26,28,31H,8-9,13-14H2,1-7H3/b12-10+,17-16+,20-18+,25-19-/t21-,22-,23+,24-,26+,28+/m0/s1. The van der Waals surface area contributed by atoms with Crippen LogP contribution < -0.4 is 0 Å². The topological polar surface area (TPSA) is 63.6 Å². The van der Waals surface area contributed by atoms with Gasteiger partial charge in [-0.2, -0.15) is 0 Å². The molecule has 0 saturated carbocycles. The van der Waals surface area contributed by atoms with Gasteiger partial charge in [0.1, 0.15) is 11.9 Å². The lowest BCUT2D eigenvalue weighted by molar-refractivity contribution is -0.141. The van der Waals surface area contributed by atoms with Gasteiger partial charge in [0.2, 0.25) is 0 Å². The van der Waals surface area contributed by atoms with Crippen LogP contribution in [0.5, 0.6) is 0 Å². The third-order valence-electron chi connectivity index (χ3n) is 6.36. The van der Waals surface area contributed by atoms with E-state index < -0.39 is 6.10 Å². The molecule has 0 aromatic rings. The Bertz CT molecular complexity index is 783. The number of esters is 1. The number of cyclic esters (lactones) is 1. The third-order valence-corrected chi connectivity index (χ3v) is 6.36. The van der Waals surface area contributed by atoms with Crippen LogP contribution in [0.4, 0.5) is 0 Å². The Kier molecular flexibility index (Phi) is 13.0. The zero-order valence-corrected chi connectivity index (χ0v) is 21.6. The first-order valence-electron chi connectivity index (χ1n) is 12.4. The van der Waals surface area contributed by atoms with Gasteiger partial charge in [-0.3, -0.25) is 4.79 Å². The molecule has 0 aromatic carbocycles. The van der Waals surface area contributed by atoms with E-state index in [1.807, 2.05) is 52.8 Å². The molecule has 4 nitrogen and oxygen atoms in total. The Morgan fingerprint density at radius 3 is 2.48 bits per heavy atom. The number of ether oxygens (including phenoxy) is 1. The number of hydrogen-bond donors (Lipinski definition) is 1. The zero-order chi connectivity index (χ0) is 25.0. The second kappa shape index (κ2) is 14.8. The number of aliphatic hydroxyl groups is 1. The van der Waals surface area contributed by atoms with Crippen LogP contribution in [0.25, 0.3) is 0 Å². The van der Waals surface area contributed by atoms with Crippen molar-refractivity contribution in [3.63, 3.8) is 0 Å². The lowest BCUT2D eigenvalue weighted by Crippen LogP contribution is -2.33. The molecule has 33 heavy (non-hydrogen) atoms. The summed E-state index contributed by atoms with van der Waals surface area (Å²) in [6, 6.07) is 0. The van der Waals surface area contributed by atoms with Gasteiger partial charge in [0, 0.05) is 24.3 Å². The summed E-state index contributed by atoms with van der Waals surface area (Å²) in [5, 5.41) is 10.4. The van der Waals surface area contributed by atoms with Crippen molar-refractivity contribution < 1.29 is 19.4 Å². The van der Waals surface area contributed by atoms with Crippen LogP contribution in [0.3, 0.4) is 0 Å². The highest BCUT2D eigenvalue weighted by molar-refractivity contribution is 5.85. The SMILES string of the molecule is CCC(=C/[C@@H](C)C/C=C/C(C)=C/[C@@H](C)C(=O)[C@@H](C)[C@H](O)[C@@H](C)CC)/C=C/[C@H]1CC=CC(=O)O1. The molecule has 1 N–H and O–H groups in total. The molecule has 0 aromatic heterocycles. The number of ketones is 1. The number of hydrogen-bond acceptors (Lipinski definition) is 4. The predicted molar refractivity (Wildman–Crippen MR) is 137 cm³/mol. The van der Waals surface area contributed by atoms with Gasteiger partial charge in [0.15, 0.2) is 0 Å². The molecule has 1 rings (SSSR count). The first-order chi connectivity index (χ1) is 15.6. The van der Waals surface area contributed by atoms with Crippen molar-refractivity contribution in [3.05, 3.63) is 59.8 Å². The molecule has 0 spiro atoms. The van der Waals surface area contributed by atoms with Crippen molar-refractivity contribution in [2.45, 2.75) is 86.4 Å². The van der Waals surface area contributed by atoms with Crippen LogP contribution in [0, 0.1) is 23.7 Å². The number of allylic oxidation sites excluding steroid dienone is 7. The number of Topliss-reactive ketones (excluding diaryl/α,β-unsaturated/α-hetero) is 1. The highest BCUT2D eigenvalue weighted by atomic mass is 16.5. The Hall–Kier alpha value is -2.20. The second-order valence-corrected chi connectivity index (χ2v) is 9.45. The van der Waals surface area contributed by atoms with Crippen molar-refractivity contribution in [3.8, 4) is 0 Å². The van der Waals surface area contributed by atoms with Gasteiger partial charge >= 0.3 is 5.97 Å². The molecule has 184 valence electrons. The second-order valence-electron chi connectivity index (χ2n) is 9.45. The van der Waals surface area contributed by atoms with Crippen molar-refractivity contribution in [1.29, 1.82) is 0 Å². The summed E-state index contributed by atoms with van der Waals surface area (Å²) in [5.41, 5.74) is 2.28. The maximum absolute atomic E-state index is 12.7. The fourth-order valence-electron chi connectivity index (χ4n) is 3.93. The molecule has 1 aliphatic heterocycles. The lowest BCUT2D eigenvalue weighted by atomic mass is 9.84. The molecule has 6 atom stereocenters. The average Bonchev–Trinajstić information content (AvgIpc) is 2.79. The van der Waals surface area contributed by atoms with Crippen molar-refractivity contribution in [1.82, 2.24) is 0 Å². The predicted octanol–water partition coefficient (Wildman–Crippen LogP) is 6.53. The lowest BCUT2D eigenvalue weighted by Gasteiger charge is -2.24. The van der Waals surface area contributed by atoms with Gasteiger partial charge in [0.25, 0.3) is 0 Å². The summed E-state index contributed by atoms with van der Waals surface area (Å²) in [4.78, 5) is 24.0. The van der Waals surface area contributed by atoms with Gasteiger partial charge < -0.3 is 9.84 Å². The van der Waals surface area contributed by atoms with Gasteiger partial charge in [-0.1, -0.05) is 95.6 Å². The molecule has 0 radical (unpaired) electrons. The fraction of sp³-hybridized carbons (Fsp3) is 0.586. The van der Waals surface area contributed by atoms with Crippen LogP contribution >= 0.6 is 0 Å². The number of carbonyl (C=O) groups is 2. The maximum Gasteiger partial charge on any atom is 0.331 e. The summed E-state index contributed by atoms with van der Waals surface area (Å²) >= 11 is 0. The molecule has 0 amide bonds. The van der Waals surface area contributed by atoms with E-state index in [2.05, 4.69) is 38.2 Å². The Labute approximate surface area is 201 Å². The minimum absolute atomic E-state index is 0.0883. The maximum atomic E-state index is 12.7. The van der Waals surface area contributed by atoms with Crippen LogP contribution in [0.1, 0.15) is 74.1 Å². The third kappa shape index (κ3) is 10.5. The van der Waals surface area contributed by atoms with E-state index >= 15 is 0 Å². The summed E-state index contributed by atoms with van der Waals surface area (Å²) in [5.74, 6) is -0.286. The number of carbonyl (C=O) groups excluding carboxylic acids is 2. The highest BCUT2D eigenvalue weighted by Gasteiger charge is 2.28. The summed E-state index contributed by atoms with van der Waals surface area (Å²) in [6.45, 7) is 14.1. The van der Waals surface area contributed by atoms with E-state index in [1.165, 1.54) is 11.6 Å². The smallest absolute Gasteiger partial charge is 0.331 e.